The molecular weight excluding hydrogens is 306 g/mol. The Morgan fingerprint density at radius 3 is 2.52 bits per heavy atom. The fraction of sp³-hybridized carbons (Fsp3) is 0.286. The number of thiazole rings is 1. The van der Waals surface area contributed by atoms with Crippen LogP contribution >= 0.6 is 11.3 Å². The summed E-state index contributed by atoms with van der Waals surface area (Å²) in [5, 5.41) is 11.4. The van der Waals surface area contributed by atoms with Crippen LogP contribution in [-0.2, 0) is 23.0 Å². The number of nitriles is 1. The van der Waals surface area contributed by atoms with Crippen molar-refractivity contribution in [1.29, 1.82) is 5.26 Å². The standard InChI is InChI=1S/C14H15N3O2S2/c1-11-16-13(10-20-11)9-17(2)21(18,19)14-5-3-12(4-6-14)7-8-15/h3-6,10H,7,9H2,1-2H3. The van der Waals surface area contributed by atoms with Gasteiger partial charge in [-0.15, -0.1) is 11.3 Å². The monoisotopic (exact) mass is 321 g/mol. The van der Waals surface area contributed by atoms with E-state index >= 15 is 0 Å². The van der Waals surface area contributed by atoms with E-state index in [9.17, 15) is 8.42 Å². The second kappa shape index (κ2) is 6.35. The zero-order valence-electron chi connectivity index (χ0n) is 11.8. The first kappa shape index (κ1) is 15.6. The second-order valence-corrected chi connectivity index (χ2v) is 7.70. The van der Waals surface area contributed by atoms with Crippen molar-refractivity contribution in [3.05, 3.63) is 45.9 Å². The number of aromatic nitrogens is 1. The summed E-state index contributed by atoms with van der Waals surface area (Å²) in [6.07, 6.45) is 0.272. The number of hydrogen-bond acceptors (Lipinski definition) is 5. The molecule has 5 nitrogen and oxygen atoms in total. The van der Waals surface area contributed by atoms with Crippen molar-refractivity contribution in [2.75, 3.05) is 7.05 Å². The van der Waals surface area contributed by atoms with Gasteiger partial charge in [-0.1, -0.05) is 12.1 Å². The molecule has 0 fully saturated rings. The molecule has 0 N–H and O–H groups in total. The van der Waals surface area contributed by atoms with Crippen LogP contribution in [0.25, 0.3) is 0 Å². The predicted octanol–water partition coefficient (Wildman–Crippen LogP) is 2.34. The average Bonchev–Trinajstić information content (AvgIpc) is 2.85. The Labute approximate surface area is 128 Å². The lowest BCUT2D eigenvalue weighted by Crippen LogP contribution is -2.26. The first-order chi connectivity index (χ1) is 9.93. The molecule has 0 atom stereocenters. The summed E-state index contributed by atoms with van der Waals surface area (Å²) in [5.74, 6) is 0. The predicted molar refractivity (Wildman–Crippen MR) is 81.3 cm³/mol. The minimum absolute atomic E-state index is 0.221. The van der Waals surface area contributed by atoms with E-state index in [1.165, 1.54) is 34.8 Å². The molecule has 0 saturated carbocycles. The van der Waals surface area contributed by atoms with Gasteiger partial charge in [0.05, 0.1) is 34.6 Å². The fourth-order valence-corrected chi connectivity index (χ4v) is 3.59. The fourth-order valence-electron chi connectivity index (χ4n) is 1.84. The smallest absolute Gasteiger partial charge is 0.243 e. The summed E-state index contributed by atoms with van der Waals surface area (Å²) in [6, 6.07) is 8.43. The first-order valence-corrected chi connectivity index (χ1v) is 8.58. The Morgan fingerprint density at radius 2 is 2.00 bits per heavy atom. The van der Waals surface area contributed by atoms with Crippen LogP contribution in [0.5, 0.6) is 0 Å². The van der Waals surface area contributed by atoms with Gasteiger partial charge in [0.2, 0.25) is 10.0 Å². The lowest BCUT2D eigenvalue weighted by atomic mass is 10.2. The average molecular weight is 321 g/mol. The van der Waals surface area contributed by atoms with Crippen molar-refractivity contribution >= 4 is 21.4 Å². The Bertz CT molecular complexity index is 758. The first-order valence-electron chi connectivity index (χ1n) is 6.26. The third kappa shape index (κ3) is 3.67. The van der Waals surface area contributed by atoms with Crippen LogP contribution in [0, 0.1) is 18.3 Å². The highest BCUT2D eigenvalue weighted by Crippen LogP contribution is 2.18. The van der Waals surface area contributed by atoms with Crippen molar-refractivity contribution in [2.45, 2.75) is 24.8 Å². The van der Waals surface area contributed by atoms with E-state index < -0.39 is 10.0 Å². The summed E-state index contributed by atoms with van der Waals surface area (Å²) in [7, 11) is -2.01. The molecule has 0 aliphatic rings. The molecule has 0 aliphatic carbocycles. The molecule has 0 spiro atoms. The van der Waals surface area contributed by atoms with Gasteiger partial charge in [-0.2, -0.15) is 9.57 Å². The van der Waals surface area contributed by atoms with Crippen molar-refractivity contribution in [2.24, 2.45) is 0 Å². The summed E-state index contributed by atoms with van der Waals surface area (Å²) in [4.78, 5) is 4.49. The Kier molecular flexibility index (Phi) is 4.73. The van der Waals surface area contributed by atoms with Gasteiger partial charge in [0.25, 0.3) is 0 Å². The molecule has 7 heteroatoms. The van der Waals surface area contributed by atoms with E-state index in [0.29, 0.717) is 0 Å². The van der Waals surface area contributed by atoms with Gasteiger partial charge in [0.15, 0.2) is 0 Å². The second-order valence-electron chi connectivity index (χ2n) is 4.60. The zero-order valence-corrected chi connectivity index (χ0v) is 13.4. The molecule has 1 aromatic heterocycles. The van der Waals surface area contributed by atoms with E-state index in [4.69, 9.17) is 5.26 Å². The third-order valence-electron chi connectivity index (χ3n) is 2.97. The van der Waals surface area contributed by atoms with Gasteiger partial charge in [0.1, 0.15) is 0 Å². The van der Waals surface area contributed by atoms with E-state index in [0.717, 1.165) is 16.3 Å². The molecular formula is C14H15N3O2S2. The van der Waals surface area contributed by atoms with Crippen LogP contribution in [0.1, 0.15) is 16.3 Å². The topological polar surface area (TPSA) is 74.1 Å². The summed E-state index contributed by atoms with van der Waals surface area (Å²) in [6.45, 7) is 2.13. The SMILES string of the molecule is Cc1nc(CN(C)S(=O)(=O)c2ccc(CC#N)cc2)cs1. The van der Waals surface area contributed by atoms with Gasteiger partial charge in [-0.3, -0.25) is 0 Å². The van der Waals surface area contributed by atoms with Crippen LogP contribution in [0.3, 0.4) is 0 Å². The molecule has 0 aliphatic heterocycles. The molecule has 110 valence electrons. The van der Waals surface area contributed by atoms with Crippen molar-refractivity contribution in [3.63, 3.8) is 0 Å². The van der Waals surface area contributed by atoms with Crippen LogP contribution < -0.4 is 0 Å². The molecule has 2 aromatic rings. The molecule has 0 unspecified atom stereocenters. The maximum absolute atomic E-state index is 12.4. The summed E-state index contributed by atoms with van der Waals surface area (Å²) in [5.41, 5.74) is 1.54. The third-order valence-corrected chi connectivity index (χ3v) is 5.61. The van der Waals surface area contributed by atoms with Gasteiger partial charge in [0, 0.05) is 12.4 Å². The Hall–Kier alpha value is -1.75. The van der Waals surface area contributed by atoms with E-state index in [1.54, 1.807) is 12.1 Å². The van der Waals surface area contributed by atoms with Gasteiger partial charge < -0.3 is 0 Å². The van der Waals surface area contributed by atoms with Gasteiger partial charge in [-0.05, 0) is 24.6 Å². The van der Waals surface area contributed by atoms with Crippen LogP contribution in [0.2, 0.25) is 0 Å². The van der Waals surface area contributed by atoms with Crippen LogP contribution in [0.15, 0.2) is 34.5 Å². The highest BCUT2D eigenvalue weighted by atomic mass is 32.2. The van der Waals surface area contributed by atoms with Gasteiger partial charge >= 0.3 is 0 Å². The number of aryl methyl sites for hydroxylation is 1. The quantitative estimate of drug-likeness (QED) is 0.847. The summed E-state index contributed by atoms with van der Waals surface area (Å²) < 4.78 is 26.2. The minimum Gasteiger partial charge on any atom is -0.245 e. The normalized spacial score (nSPS) is 11.5. The minimum atomic E-state index is -3.54. The molecule has 0 radical (unpaired) electrons. The zero-order chi connectivity index (χ0) is 15.5. The molecule has 1 aromatic carbocycles. The van der Waals surface area contributed by atoms with Crippen molar-refractivity contribution in [3.8, 4) is 6.07 Å². The van der Waals surface area contributed by atoms with Crippen molar-refractivity contribution < 1.29 is 8.42 Å². The maximum atomic E-state index is 12.4. The number of nitrogens with zero attached hydrogens (tertiary/aromatic N) is 3. The van der Waals surface area contributed by atoms with E-state index in [1.807, 2.05) is 18.4 Å². The lowest BCUT2D eigenvalue weighted by Gasteiger charge is -2.16. The van der Waals surface area contributed by atoms with Crippen LogP contribution in [0.4, 0.5) is 0 Å². The molecule has 0 bridgehead atoms. The largest absolute Gasteiger partial charge is 0.245 e. The molecule has 21 heavy (non-hydrogen) atoms. The van der Waals surface area contributed by atoms with Gasteiger partial charge in [-0.25, -0.2) is 13.4 Å². The molecule has 0 saturated heterocycles. The van der Waals surface area contributed by atoms with Crippen molar-refractivity contribution in [1.82, 2.24) is 9.29 Å². The van der Waals surface area contributed by atoms with E-state index in [2.05, 4.69) is 4.98 Å². The molecule has 2 rings (SSSR count). The Morgan fingerprint density at radius 1 is 1.33 bits per heavy atom. The maximum Gasteiger partial charge on any atom is 0.243 e. The summed E-state index contributed by atoms with van der Waals surface area (Å²) >= 11 is 1.50. The lowest BCUT2D eigenvalue weighted by molar-refractivity contribution is 0.463. The number of sulfonamides is 1. The highest BCUT2D eigenvalue weighted by Gasteiger charge is 2.21. The highest BCUT2D eigenvalue weighted by molar-refractivity contribution is 7.89. The molecule has 1 heterocycles. The number of hydrogen-bond donors (Lipinski definition) is 0. The molecule has 0 amide bonds. The Balaban J connectivity index is 2.18. The van der Waals surface area contributed by atoms with E-state index in [-0.39, 0.29) is 17.9 Å². The number of benzene rings is 1. The number of rotatable bonds is 5. The van der Waals surface area contributed by atoms with Crippen LogP contribution in [-0.4, -0.2) is 24.8 Å².